The Hall–Kier alpha value is -2.61. The molecule has 0 atom stereocenters. The summed E-state index contributed by atoms with van der Waals surface area (Å²) < 4.78 is 3.08. The number of fused-ring (bicyclic) bond motifs is 1. The molecule has 0 aliphatic carbocycles. The third kappa shape index (κ3) is 3.24. The zero-order chi connectivity index (χ0) is 18.7. The average molecular weight is 371 g/mol. The maximum absolute atomic E-state index is 13.1. The number of thioether (sulfide) groups is 1. The minimum atomic E-state index is -0.307. The van der Waals surface area contributed by atoms with Gasteiger partial charge >= 0.3 is 0 Å². The molecule has 0 saturated carbocycles. The van der Waals surface area contributed by atoms with Crippen molar-refractivity contribution in [3.8, 4) is 5.88 Å². The quantitative estimate of drug-likeness (QED) is 0.692. The number of hydrogen-bond donors (Lipinski definition) is 1. The first-order valence-electron chi connectivity index (χ1n) is 8.44. The summed E-state index contributed by atoms with van der Waals surface area (Å²) in [6, 6.07) is 9.60. The van der Waals surface area contributed by atoms with Crippen LogP contribution in [0.25, 0.3) is 5.78 Å². The van der Waals surface area contributed by atoms with Crippen molar-refractivity contribution in [1.29, 1.82) is 0 Å². The second-order valence-corrected chi connectivity index (χ2v) is 6.41. The van der Waals surface area contributed by atoms with Gasteiger partial charge in [0.25, 0.3) is 5.56 Å². The summed E-state index contributed by atoms with van der Waals surface area (Å²) in [5, 5.41) is 11.3. The van der Waals surface area contributed by atoms with Crippen molar-refractivity contribution < 1.29 is 5.11 Å². The molecule has 0 fully saturated rings. The topological polar surface area (TPSA) is 84.8 Å². The number of hydrogen-bond acceptors (Lipinski definition) is 6. The van der Waals surface area contributed by atoms with Crippen molar-refractivity contribution in [3.05, 3.63) is 57.4 Å². The van der Waals surface area contributed by atoms with Crippen LogP contribution >= 0.6 is 11.8 Å². The zero-order valence-corrected chi connectivity index (χ0v) is 15.8. The molecule has 2 aromatic heterocycles. The number of aromatic hydroxyl groups is 1. The lowest BCUT2D eigenvalue weighted by molar-refractivity contribution is 0.406. The van der Waals surface area contributed by atoms with Gasteiger partial charge in [-0.05, 0) is 25.7 Å². The minimum absolute atomic E-state index is 0.0606. The lowest BCUT2D eigenvalue weighted by Crippen LogP contribution is -2.30. The predicted octanol–water partition coefficient (Wildman–Crippen LogP) is 1.85. The Morgan fingerprint density at radius 1 is 1.19 bits per heavy atom. The Morgan fingerprint density at radius 3 is 2.54 bits per heavy atom. The van der Waals surface area contributed by atoms with Crippen LogP contribution < -0.4 is 11.2 Å². The molecule has 0 bridgehead atoms. The molecule has 0 aliphatic rings. The fraction of sp³-hybridized carbons (Fsp3) is 0.333. The first-order valence-corrected chi connectivity index (χ1v) is 9.67. The van der Waals surface area contributed by atoms with E-state index in [1.54, 1.807) is 4.57 Å². The summed E-state index contributed by atoms with van der Waals surface area (Å²) in [6.45, 7) is 4.80. The van der Waals surface area contributed by atoms with Crippen LogP contribution in [0.2, 0.25) is 0 Å². The van der Waals surface area contributed by atoms with E-state index in [9.17, 15) is 9.90 Å². The molecule has 1 aromatic carbocycles. The molecule has 26 heavy (non-hydrogen) atoms. The van der Waals surface area contributed by atoms with Gasteiger partial charge in [-0.2, -0.15) is 9.97 Å². The van der Waals surface area contributed by atoms with Crippen LogP contribution in [0.4, 0.5) is 0 Å². The molecule has 0 amide bonds. The van der Waals surface area contributed by atoms with E-state index >= 15 is 0 Å². The number of rotatable bonds is 5. The molecule has 0 radical (unpaired) electrons. The zero-order valence-electron chi connectivity index (χ0n) is 15.0. The number of aromatic nitrogens is 4. The summed E-state index contributed by atoms with van der Waals surface area (Å²) in [6.07, 6.45) is 2.19. The molecule has 3 aromatic rings. The van der Waals surface area contributed by atoms with Gasteiger partial charge in [-0.25, -0.2) is 9.39 Å². The second kappa shape index (κ2) is 7.74. The highest BCUT2D eigenvalue weighted by Gasteiger charge is 2.19. The van der Waals surface area contributed by atoms with Gasteiger partial charge in [-0.1, -0.05) is 42.1 Å². The van der Waals surface area contributed by atoms with E-state index in [0.29, 0.717) is 41.6 Å². The van der Waals surface area contributed by atoms with Crippen molar-refractivity contribution >= 4 is 17.5 Å². The van der Waals surface area contributed by atoms with Gasteiger partial charge in [-0.15, -0.1) is 0 Å². The molecular formula is C18H21N5O2S. The highest BCUT2D eigenvalue weighted by atomic mass is 32.2. The Balaban J connectivity index is 2.37. The minimum Gasteiger partial charge on any atom is -0.494 e. The predicted molar refractivity (Wildman–Crippen MR) is 102 cm³/mol. The molecular weight excluding hydrogens is 350 g/mol. The molecule has 0 unspecified atom stereocenters. The summed E-state index contributed by atoms with van der Waals surface area (Å²) >= 11 is 1.35. The van der Waals surface area contributed by atoms with Crippen molar-refractivity contribution in [2.75, 3.05) is 12.8 Å². The van der Waals surface area contributed by atoms with Gasteiger partial charge in [0.15, 0.2) is 5.16 Å². The van der Waals surface area contributed by atoms with Gasteiger partial charge in [0.05, 0.1) is 5.56 Å². The van der Waals surface area contributed by atoms with Gasteiger partial charge in [-0.3, -0.25) is 9.36 Å². The largest absolute Gasteiger partial charge is 0.494 e. The van der Waals surface area contributed by atoms with Crippen LogP contribution in [0.15, 0.2) is 45.3 Å². The molecule has 8 heteroatoms. The van der Waals surface area contributed by atoms with Crippen molar-refractivity contribution in [3.63, 3.8) is 0 Å². The van der Waals surface area contributed by atoms with Gasteiger partial charge in [0.1, 0.15) is 0 Å². The molecule has 0 aliphatic heterocycles. The maximum Gasteiger partial charge on any atom is 0.268 e. The van der Waals surface area contributed by atoms with Crippen LogP contribution in [-0.4, -0.2) is 36.8 Å². The molecule has 3 rings (SSSR count). The lowest BCUT2D eigenvalue weighted by atomic mass is 10.1. The standard InChI is InChI=1S/C18H21N5O2S/c1-4-19-16-20-17-22(5-2)14(24)13(11-12-9-7-6-8-10-12)15(25)23(17)18(21-16)26-3/h6-10,24H,4-5,11H2,1-3H3. The van der Waals surface area contributed by atoms with E-state index in [2.05, 4.69) is 15.0 Å². The first-order chi connectivity index (χ1) is 12.6. The Labute approximate surface area is 155 Å². The third-order valence-corrected chi connectivity index (χ3v) is 4.68. The summed E-state index contributed by atoms with van der Waals surface area (Å²) in [5.74, 6) is 0.285. The van der Waals surface area contributed by atoms with E-state index in [4.69, 9.17) is 0 Å². The smallest absolute Gasteiger partial charge is 0.268 e. The Bertz CT molecular complexity index is 1060. The average Bonchev–Trinajstić information content (AvgIpc) is 2.66. The normalized spacial score (nSPS) is 12.0. The monoisotopic (exact) mass is 371 g/mol. The van der Waals surface area contributed by atoms with E-state index < -0.39 is 0 Å². The van der Waals surface area contributed by atoms with E-state index in [1.807, 2.05) is 50.4 Å². The highest BCUT2D eigenvalue weighted by molar-refractivity contribution is 7.98. The second-order valence-electron chi connectivity index (χ2n) is 5.63. The van der Waals surface area contributed by atoms with E-state index in [-0.39, 0.29) is 11.4 Å². The fourth-order valence-corrected chi connectivity index (χ4v) is 3.35. The first kappa shape index (κ1) is 18.2. The van der Waals surface area contributed by atoms with Crippen LogP contribution in [-0.2, 0) is 13.0 Å². The molecule has 7 nitrogen and oxygen atoms in total. The van der Waals surface area contributed by atoms with Crippen molar-refractivity contribution in [1.82, 2.24) is 18.9 Å². The highest BCUT2D eigenvalue weighted by Crippen LogP contribution is 2.21. The number of aryl methyl sites for hydroxylation is 1. The fourth-order valence-electron chi connectivity index (χ4n) is 2.83. The summed E-state index contributed by atoms with van der Waals surface area (Å²) in [5.41, 5.74) is 1.29. The van der Waals surface area contributed by atoms with Crippen LogP contribution in [0.1, 0.15) is 25.0 Å². The van der Waals surface area contributed by atoms with E-state index in [0.717, 1.165) is 5.56 Å². The maximum atomic E-state index is 13.1. The van der Waals surface area contributed by atoms with Crippen molar-refractivity contribution in [2.24, 2.45) is 4.99 Å². The Morgan fingerprint density at radius 2 is 1.92 bits per heavy atom. The van der Waals surface area contributed by atoms with Crippen LogP contribution in [0.5, 0.6) is 5.88 Å². The molecule has 0 saturated heterocycles. The lowest BCUT2D eigenvalue weighted by Gasteiger charge is -2.16. The molecule has 136 valence electrons. The molecule has 2 heterocycles. The van der Waals surface area contributed by atoms with Gasteiger partial charge < -0.3 is 5.11 Å². The summed E-state index contributed by atoms with van der Waals surface area (Å²) in [4.78, 5) is 26.1. The van der Waals surface area contributed by atoms with Gasteiger partial charge in [0, 0.05) is 19.5 Å². The molecule has 1 N–H and O–H groups in total. The van der Waals surface area contributed by atoms with Gasteiger partial charge in [0.2, 0.25) is 17.3 Å². The van der Waals surface area contributed by atoms with Crippen LogP contribution in [0, 0.1) is 0 Å². The van der Waals surface area contributed by atoms with Crippen molar-refractivity contribution in [2.45, 2.75) is 32.0 Å². The third-order valence-electron chi connectivity index (χ3n) is 4.04. The summed E-state index contributed by atoms with van der Waals surface area (Å²) in [7, 11) is 0. The number of benzene rings is 1. The van der Waals surface area contributed by atoms with E-state index in [1.165, 1.54) is 16.2 Å². The Kier molecular flexibility index (Phi) is 5.41. The van der Waals surface area contributed by atoms with Crippen LogP contribution in [0.3, 0.4) is 0 Å². The molecule has 0 spiro atoms. The number of nitrogens with zero attached hydrogens (tertiary/aromatic N) is 5. The SMILES string of the molecule is CCN=c1nc(SC)n2c(=O)c(Cc3ccccc3)c(O)n(CC)c2n1.